The van der Waals surface area contributed by atoms with Crippen molar-refractivity contribution in [3.63, 3.8) is 0 Å². The number of nitrogens with zero attached hydrogens (tertiary/aromatic N) is 3. The highest BCUT2D eigenvalue weighted by atomic mass is 35.5. The number of hydrogen-bond donors (Lipinski definition) is 0. The number of benzene rings is 1. The van der Waals surface area contributed by atoms with Crippen LogP contribution in [0.15, 0.2) is 34.8 Å². The maximum absolute atomic E-state index is 5.87. The Hall–Kier alpha value is -1.04. The van der Waals surface area contributed by atoms with Gasteiger partial charge in [0.1, 0.15) is 0 Å². The highest BCUT2D eigenvalue weighted by Crippen LogP contribution is 2.27. The Morgan fingerprint density at radius 1 is 1.33 bits per heavy atom. The lowest BCUT2D eigenvalue weighted by molar-refractivity contribution is 0.915. The number of fused-ring (bicyclic) bond motifs is 1. The molecule has 2 aromatic heterocycles. The molecule has 0 spiro atoms. The van der Waals surface area contributed by atoms with Crippen LogP contribution in [0.25, 0.3) is 16.2 Å². The summed E-state index contributed by atoms with van der Waals surface area (Å²) in [6.45, 7) is 2.12. The Bertz CT molecular complexity index is 641. The summed E-state index contributed by atoms with van der Waals surface area (Å²) in [7, 11) is 0. The molecule has 0 saturated carbocycles. The first-order valence-electron chi connectivity index (χ1n) is 5.51. The topological polar surface area (TPSA) is 30.2 Å². The maximum Gasteiger partial charge on any atom is 0.213 e. The van der Waals surface area contributed by atoms with E-state index in [-0.39, 0.29) is 0 Å². The van der Waals surface area contributed by atoms with Gasteiger partial charge in [0.05, 0.1) is 11.9 Å². The van der Waals surface area contributed by atoms with Crippen LogP contribution >= 0.6 is 34.7 Å². The van der Waals surface area contributed by atoms with Gasteiger partial charge in [-0.25, -0.2) is 9.50 Å². The second kappa shape index (κ2) is 4.91. The van der Waals surface area contributed by atoms with Crippen LogP contribution in [0, 0.1) is 0 Å². The molecule has 0 aliphatic heterocycles. The minimum Gasteiger partial charge on any atom is -0.217 e. The van der Waals surface area contributed by atoms with Crippen LogP contribution in [0.4, 0.5) is 0 Å². The molecule has 0 amide bonds. The van der Waals surface area contributed by atoms with Crippen LogP contribution in [-0.4, -0.2) is 20.4 Å². The lowest BCUT2D eigenvalue weighted by Crippen LogP contribution is -1.80. The van der Waals surface area contributed by atoms with E-state index in [9.17, 15) is 0 Å². The predicted octanol–water partition coefficient (Wildman–Crippen LogP) is 4.22. The summed E-state index contributed by atoms with van der Waals surface area (Å²) in [6.07, 6.45) is 1.95. The molecule has 0 bridgehead atoms. The molecule has 1 aromatic carbocycles. The van der Waals surface area contributed by atoms with Gasteiger partial charge in [-0.15, -0.1) is 5.10 Å². The molecule has 0 aliphatic rings. The van der Waals surface area contributed by atoms with Gasteiger partial charge in [0, 0.05) is 10.6 Å². The summed E-state index contributed by atoms with van der Waals surface area (Å²) in [5, 5.41) is 5.21. The zero-order chi connectivity index (χ0) is 12.5. The van der Waals surface area contributed by atoms with Gasteiger partial charge < -0.3 is 0 Å². The number of thioether (sulfide) groups is 1. The van der Waals surface area contributed by atoms with E-state index in [1.165, 1.54) is 0 Å². The van der Waals surface area contributed by atoms with Crippen molar-refractivity contribution in [1.82, 2.24) is 14.6 Å². The van der Waals surface area contributed by atoms with Crippen LogP contribution in [0.5, 0.6) is 0 Å². The first-order chi connectivity index (χ1) is 8.76. The third-order valence-corrected chi connectivity index (χ3v) is 4.62. The number of rotatable bonds is 3. The lowest BCUT2D eigenvalue weighted by atomic mass is 10.2. The third-order valence-electron chi connectivity index (χ3n) is 2.43. The van der Waals surface area contributed by atoms with Crippen LogP contribution in [0.1, 0.15) is 6.92 Å². The highest BCUT2D eigenvalue weighted by molar-refractivity contribution is 8.01. The first-order valence-corrected chi connectivity index (χ1v) is 7.69. The molecule has 3 rings (SSSR count). The Kier molecular flexibility index (Phi) is 3.28. The average Bonchev–Trinajstić information content (AvgIpc) is 2.88. The molecular formula is C12H10ClN3S2. The zero-order valence-corrected chi connectivity index (χ0v) is 12.0. The van der Waals surface area contributed by atoms with Gasteiger partial charge in [-0.05, 0) is 17.9 Å². The van der Waals surface area contributed by atoms with Gasteiger partial charge in [-0.1, -0.05) is 53.8 Å². The van der Waals surface area contributed by atoms with E-state index in [2.05, 4.69) is 17.0 Å². The standard InChI is InChI=1S/C12H10ClN3S2/c1-2-17-12-15-16-7-10(14-11(16)18-12)8-3-5-9(13)6-4-8/h3-7H,2H2,1H3. The molecule has 6 heteroatoms. The van der Waals surface area contributed by atoms with Gasteiger partial charge in [-0.2, -0.15) is 0 Å². The van der Waals surface area contributed by atoms with Crippen molar-refractivity contribution >= 4 is 39.7 Å². The van der Waals surface area contributed by atoms with E-state index in [4.69, 9.17) is 11.6 Å². The van der Waals surface area contributed by atoms with Gasteiger partial charge in [0.25, 0.3) is 0 Å². The Morgan fingerprint density at radius 3 is 2.78 bits per heavy atom. The van der Waals surface area contributed by atoms with Gasteiger partial charge in [0.15, 0.2) is 4.34 Å². The lowest BCUT2D eigenvalue weighted by Gasteiger charge is -1.95. The molecule has 0 atom stereocenters. The number of imidazole rings is 1. The smallest absolute Gasteiger partial charge is 0.213 e. The third kappa shape index (κ3) is 2.25. The molecule has 0 saturated heterocycles. The van der Waals surface area contributed by atoms with Crippen molar-refractivity contribution in [2.75, 3.05) is 5.75 Å². The minimum absolute atomic E-state index is 0.736. The van der Waals surface area contributed by atoms with E-state index in [1.807, 2.05) is 35.0 Å². The van der Waals surface area contributed by atoms with Crippen molar-refractivity contribution in [1.29, 1.82) is 0 Å². The van der Waals surface area contributed by atoms with Crippen LogP contribution in [0.3, 0.4) is 0 Å². The summed E-state index contributed by atoms with van der Waals surface area (Å²) in [6, 6.07) is 7.68. The van der Waals surface area contributed by atoms with Gasteiger partial charge in [0.2, 0.25) is 4.96 Å². The van der Waals surface area contributed by atoms with E-state index < -0.39 is 0 Å². The summed E-state index contributed by atoms with van der Waals surface area (Å²) >= 11 is 9.23. The van der Waals surface area contributed by atoms with Gasteiger partial charge >= 0.3 is 0 Å². The molecule has 3 aromatic rings. The molecule has 92 valence electrons. The Labute approximate surface area is 118 Å². The number of hydrogen-bond acceptors (Lipinski definition) is 4. The maximum atomic E-state index is 5.87. The zero-order valence-electron chi connectivity index (χ0n) is 9.63. The number of aromatic nitrogens is 3. The molecule has 0 radical (unpaired) electrons. The molecule has 3 nitrogen and oxygen atoms in total. The summed E-state index contributed by atoms with van der Waals surface area (Å²) in [5.74, 6) is 1.03. The SMILES string of the molecule is CCSc1nn2cc(-c3ccc(Cl)cc3)nc2s1. The first kappa shape index (κ1) is 12.0. The molecular weight excluding hydrogens is 286 g/mol. The summed E-state index contributed by atoms with van der Waals surface area (Å²) < 4.78 is 2.90. The van der Waals surface area contributed by atoms with Crippen LogP contribution in [-0.2, 0) is 0 Å². The van der Waals surface area contributed by atoms with Crippen molar-refractivity contribution in [2.45, 2.75) is 11.3 Å². The van der Waals surface area contributed by atoms with Gasteiger partial charge in [-0.3, -0.25) is 0 Å². The normalized spacial score (nSPS) is 11.2. The molecule has 18 heavy (non-hydrogen) atoms. The fraction of sp³-hybridized carbons (Fsp3) is 0.167. The van der Waals surface area contributed by atoms with Crippen molar-refractivity contribution in [3.8, 4) is 11.3 Å². The van der Waals surface area contributed by atoms with Crippen molar-refractivity contribution < 1.29 is 0 Å². The largest absolute Gasteiger partial charge is 0.217 e. The minimum atomic E-state index is 0.736. The van der Waals surface area contributed by atoms with Crippen molar-refractivity contribution in [3.05, 3.63) is 35.5 Å². The molecule has 0 aliphatic carbocycles. The summed E-state index contributed by atoms with van der Waals surface area (Å²) in [5.41, 5.74) is 1.99. The summed E-state index contributed by atoms with van der Waals surface area (Å²) in [4.78, 5) is 5.50. The molecule has 0 unspecified atom stereocenters. The predicted molar refractivity (Wildman–Crippen MR) is 77.7 cm³/mol. The monoisotopic (exact) mass is 295 g/mol. The average molecular weight is 296 g/mol. The van der Waals surface area contributed by atoms with E-state index in [0.717, 1.165) is 31.3 Å². The molecule has 2 heterocycles. The Balaban J connectivity index is 1.98. The Morgan fingerprint density at radius 2 is 2.11 bits per heavy atom. The molecule has 0 N–H and O–H groups in total. The second-order valence-electron chi connectivity index (χ2n) is 3.66. The quantitative estimate of drug-likeness (QED) is 0.678. The van der Waals surface area contributed by atoms with E-state index in [0.29, 0.717) is 0 Å². The number of halogens is 1. The van der Waals surface area contributed by atoms with Crippen LogP contribution < -0.4 is 0 Å². The molecule has 0 fully saturated rings. The fourth-order valence-corrected chi connectivity index (χ4v) is 3.57. The van der Waals surface area contributed by atoms with Crippen LogP contribution in [0.2, 0.25) is 5.02 Å². The highest BCUT2D eigenvalue weighted by Gasteiger charge is 2.09. The fourth-order valence-electron chi connectivity index (χ4n) is 1.62. The second-order valence-corrected chi connectivity index (χ2v) is 6.56. The van der Waals surface area contributed by atoms with E-state index >= 15 is 0 Å². The van der Waals surface area contributed by atoms with E-state index in [1.54, 1.807) is 23.1 Å². The van der Waals surface area contributed by atoms with Crippen molar-refractivity contribution in [2.24, 2.45) is 0 Å².